The molecule has 5 nitrogen and oxygen atoms in total. The number of nitrogens with zero attached hydrogens (tertiary/aromatic N) is 1. The minimum Gasteiger partial charge on any atom is -0.354 e. The molecule has 1 aromatic carbocycles. The van der Waals surface area contributed by atoms with Gasteiger partial charge in [-0.05, 0) is 30.5 Å². The first-order valence-electron chi connectivity index (χ1n) is 7.17. The molecule has 0 aromatic heterocycles. The monoisotopic (exact) mass is 328 g/mol. The minimum atomic E-state index is -3.37. The van der Waals surface area contributed by atoms with Gasteiger partial charge in [-0.2, -0.15) is 4.31 Å². The van der Waals surface area contributed by atoms with Gasteiger partial charge in [0.25, 0.3) is 0 Å². The highest BCUT2D eigenvalue weighted by atomic mass is 32.2. The standard InChI is InChI=1S/C15H21FN2O3S/c1-18(22(2,20)21)10-14(19)17-11-15(8-3-9-15)12-4-6-13(16)7-5-12/h4-7H,3,8-11H2,1-2H3,(H,17,19). The van der Waals surface area contributed by atoms with E-state index in [4.69, 9.17) is 0 Å². The van der Waals surface area contributed by atoms with Gasteiger partial charge in [0.1, 0.15) is 5.82 Å². The van der Waals surface area contributed by atoms with Crippen molar-refractivity contribution in [3.8, 4) is 0 Å². The highest BCUT2D eigenvalue weighted by molar-refractivity contribution is 7.88. The number of hydrogen-bond donors (Lipinski definition) is 1. The molecule has 7 heteroatoms. The summed E-state index contributed by atoms with van der Waals surface area (Å²) in [5.41, 5.74) is 0.851. The van der Waals surface area contributed by atoms with Crippen LogP contribution in [0.25, 0.3) is 0 Å². The molecule has 1 amide bonds. The molecule has 1 saturated carbocycles. The predicted molar refractivity (Wildman–Crippen MR) is 82.4 cm³/mol. The van der Waals surface area contributed by atoms with Gasteiger partial charge in [-0.3, -0.25) is 4.79 Å². The molecule has 22 heavy (non-hydrogen) atoms. The number of likely N-dealkylation sites (N-methyl/N-ethyl adjacent to an activating group) is 1. The second-order valence-corrected chi connectivity index (χ2v) is 8.03. The van der Waals surface area contributed by atoms with Crippen LogP contribution in [0.2, 0.25) is 0 Å². The average Bonchev–Trinajstić information content (AvgIpc) is 2.38. The third kappa shape index (κ3) is 3.84. The number of rotatable bonds is 6. The van der Waals surface area contributed by atoms with Crippen LogP contribution in [-0.2, 0) is 20.2 Å². The number of halogens is 1. The van der Waals surface area contributed by atoms with Crippen molar-refractivity contribution in [3.05, 3.63) is 35.6 Å². The maximum absolute atomic E-state index is 13.0. The summed E-state index contributed by atoms with van der Waals surface area (Å²) in [5, 5.41) is 2.80. The van der Waals surface area contributed by atoms with Crippen LogP contribution in [0.4, 0.5) is 4.39 Å². The van der Waals surface area contributed by atoms with E-state index in [1.807, 2.05) is 0 Å². The van der Waals surface area contributed by atoms with E-state index in [0.29, 0.717) is 6.54 Å². The SMILES string of the molecule is CN(CC(=O)NCC1(c2ccc(F)cc2)CCC1)S(C)(=O)=O. The Labute approximate surface area is 130 Å². The van der Waals surface area contributed by atoms with Crippen molar-refractivity contribution in [1.82, 2.24) is 9.62 Å². The average molecular weight is 328 g/mol. The zero-order chi connectivity index (χ0) is 16.4. The lowest BCUT2D eigenvalue weighted by atomic mass is 9.64. The van der Waals surface area contributed by atoms with Crippen LogP contribution in [0.5, 0.6) is 0 Å². The van der Waals surface area contributed by atoms with Crippen molar-refractivity contribution in [2.75, 3.05) is 26.4 Å². The highest BCUT2D eigenvalue weighted by Gasteiger charge is 2.38. The van der Waals surface area contributed by atoms with Crippen LogP contribution in [0.15, 0.2) is 24.3 Å². The lowest BCUT2D eigenvalue weighted by molar-refractivity contribution is -0.121. The largest absolute Gasteiger partial charge is 0.354 e. The van der Waals surface area contributed by atoms with E-state index in [2.05, 4.69) is 5.32 Å². The minimum absolute atomic E-state index is 0.160. The van der Waals surface area contributed by atoms with Crippen LogP contribution in [0.3, 0.4) is 0 Å². The van der Waals surface area contributed by atoms with Crippen molar-refractivity contribution in [2.24, 2.45) is 0 Å². The molecule has 122 valence electrons. The highest BCUT2D eigenvalue weighted by Crippen LogP contribution is 2.43. The van der Waals surface area contributed by atoms with Gasteiger partial charge >= 0.3 is 0 Å². The van der Waals surface area contributed by atoms with Gasteiger partial charge in [0.2, 0.25) is 15.9 Å². The molecule has 1 aliphatic carbocycles. The number of benzene rings is 1. The van der Waals surface area contributed by atoms with Crippen molar-refractivity contribution >= 4 is 15.9 Å². The molecule has 1 N–H and O–H groups in total. The summed E-state index contributed by atoms with van der Waals surface area (Å²) >= 11 is 0. The summed E-state index contributed by atoms with van der Waals surface area (Å²) in [7, 11) is -2.00. The molecule has 0 spiro atoms. The van der Waals surface area contributed by atoms with E-state index in [1.165, 1.54) is 19.2 Å². The summed E-state index contributed by atoms with van der Waals surface area (Å²) in [6, 6.07) is 6.36. The van der Waals surface area contributed by atoms with Crippen LogP contribution >= 0.6 is 0 Å². The molecule has 0 aliphatic heterocycles. The fourth-order valence-electron chi connectivity index (χ4n) is 2.62. The van der Waals surface area contributed by atoms with Gasteiger partial charge in [0, 0.05) is 19.0 Å². The van der Waals surface area contributed by atoms with Gasteiger partial charge in [0.15, 0.2) is 0 Å². The molecule has 1 aliphatic rings. The Hall–Kier alpha value is -1.47. The smallest absolute Gasteiger partial charge is 0.235 e. The predicted octanol–water partition coefficient (Wildman–Crippen LogP) is 1.25. The number of sulfonamides is 1. The van der Waals surface area contributed by atoms with Crippen LogP contribution in [0, 0.1) is 5.82 Å². The van der Waals surface area contributed by atoms with E-state index in [-0.39, 0.29) is 23.7 Å². The first kappa shape index (κ1) is 16.9. The van der Waals surface area contributed by atoms with E-state index < -0.39 is 10.0 Å². The second kappa shape index (κ2) is 6.34. The van der Waals surface area contributed by atoms with Crippen LogP contribution in [0.1, 0.15) is 24.8 Å². The van der Waals surface area contributed by atoms with Crippen molar-refractivity contribution in [3.63, 3.8) is 0 Å². The van der Waals surface area contributed by atoms with Gasteiger partial charge in [-0.15, -0.1) is 0 Å². The lowest BCUT2D eigenvalue weighted by Gasteiger charge is -2.42. The third-order valence-corrected chi connectivity index (χ3v) is 5.59. The molecule has 0 heterocycles. The quantitative estimate of drug-likeness (QED) is 0.855. The summed E-state index contributed by atoms with van der Waals surface area (Å²) in [5.74, 6) is -0.613. The Balaban J connectivity index is 1.97. The Kier molecular flexibility index (Phi) is 4.87. The number of nitrogens with one attached hydrogen (secondary N) is 1. The zero-order valence-electron chi connectivity index (χ0n) is 12.8. The number of carbonyl (C=O) groups excluding carboxylic acids is 1. The molecule has 1 aromatic rings. The second-order valence-electron chi connectivity index (χ2n) is 5.94. The third-order valence-electron chi connectivity index (χ3n) is 4.32. The molecular formula is C15H21FN2O3S. The van der Waals surface area contributed by atoms with Crippen molar-refractivity contribution < 1.29 is 17.6 Å². The summed E-state index contributed by atoms with van der Waals surface area (Å²) in [6.07, 6.45) is 3.99. The zero-order valence-corrected chi connectivity index (χ0v) is 13.6. The summed E-state index contributed by atoms with van der Waals surface area (Å²) in [6.45, 7) is 0.243. The van der Waals surface area contributed by atoms with Crippen molar-refractivity contribution in [1.29, 1.82) is 0 Å². The molecule has 0 radical (unpaired) electrons. The Bertz CT molecular complexity index is 639. The van der Waals surface area contributed by atoms with Gasteiger partial charge in [-0.1, -0.05) is 18.6 Å². The Morgan fingerprint density at radius 3 is 2.36 bits per heavy atom. The van der Waals surface area contributed by atoms with Crippen LogP contribution < -0.4 is 5.32 Å². The lowest BCUT2D eigenvalue weighted by Crippen LogP contribution is -2.48. The normalized spacial score (nSPS) is 17.1. The fraction of sp³-hybridized carbons (Fsp3) is 0.533. The van der Waals surface area contributed by atoms with E-state index in [1.54, 1.807) is 12.1 Å². The molecule has 0 bridgehead atoms. The fourth-order valence-corrected chi connectivity index (χ4v) is 2.97. The Morgan fingerprint density at radius 2 is 1.91 bits per heavy atom. The van der Waals surface area contributed by atoms with Gasteiger partial charge < -0.3 is 5.32 Å². The number of hydrogen-bond acceptors (Lipinski definition) is 3. The van der Waals surface area contributed by atoms with E-state index in [0.717, 1.165) is 35.4 Å². The van der Waals surface area contributed by atoms with E-state index in [9.17, 15) is 17.6 Å². The topological polar surface area (TPSA) is 66.5 Å². The van der Waals surface area contributed by atoms with E-state index >= 15 is 0 Å². The summed E-state index contributed by atoms with van der Waals surface area (Å²) < 4.78 is 36.6. The Morgan fingerprint density at radius 1 is 1.32 bits per heavy atom. The molecule has 0 saturated heterocycles. The maximum Gasteiger partial charge on any atom is 0.235 e. The molecule has 1 fully saturated rings. The molecule has 0 unspecified atom stereocenters. The maximum atomic E-state index is 13.0. The van der Waals surface area contributed by atoms with Crippen LogP contribution in [-0.4, -0.2) is 45.0 Å². The first-order chi connectivity index (χ1) is 10.2. The first-order valence-corrected chi connectivity index (χ1v) is 9.02. The van der Waals surface area contributed by atoms with Gasteiger partial charge in [-0.25, -0.2) is 12.8 Å². The summed E-state index contributed by atoms with van der Waals surface area (Å²) in [4.78, 5) is 11.9. The molecule has 0 atom stereocenters. The number of amides is 1. The van der Waals surface area contributed by atoms with Crippen molar-refractivity contribution in [2.45, 2.75) is 24.7 Å². The number of carbonyl (C=O) groups is 1. The van der Waals surface area contributed by atoms with Gasteiger partial charge in [0.05, 0.1) is 12.8 Å². The molecular weight excluding hydrogens is 307 g/mol. The molecule has 2 rings (SSSR count).